The van der Waals surface area contributed by atoms with E-state index in [1.54, 1.807) is 42.5 Å². The zero-order valence-corrected chi connectivity index (χ0v) is 17.5. The number of nitrogens with zero attached hydrogens (tertiary/aromatic N) is 1. The van der Waals surface area contributed by atoms with E-state index >= 15 is 0 Å². The van der Waals surface area contributed by atoms with Gasteiger partial charge in [-0.05, 0) is 56.0 Å². The number of rotatable bonds is 6. The third kappa shape index (κ3) is 4.11. The zero-order valence-electron chi connectivity index (χ0n) is 17.5. The molecule has 0 radical (unpaired) electrons. The second-order valence-electron chi connectivity index (χ2n) is 8.18. The van der Waals surface area contributed by atoms with Crippen LogP contribution >= 0.6 is 0 Å². The summed E-state index contributed by atoms with van der Waals surface area (Å²) in [6.45, 7) is 1.54. The van der Waals surface area contributed by atoms with Crippen molar-refractivity contribution in [1.82, 2.24) is 4.90 Å². The van der Waals surface area contributed by atoms with E-state index in [1.807, 2.05) is 0 Å². The quantitative estimate of drug-likeness (QED) is 0.698. The number of nitrogens with one attached hydrogen (secondary N) is 1. The highest BCUT2D eigenvalue weighted by atomic mass is 16.5. The van der Waals surface area contributed by atoms with Gasteiger partial charge in [-0.3, -0.25) is 19.3 Å². The Morgan fingerprint density at radius 2 is 1.75 bits per heavy atom. The highest BCUT2D eigenvalue weighted by Crippen LogP contribution is 2.31. The molecule has 32 heavy (non-hydrogen) atoms. The SMILES string of the molecule is O=C(Nc1cccc(Oc2ccc3c(c2)C(=O)N(CC2CCCO2)C3=O)c1)C1CCCO1. The van der Waals surface area contributed by atoms with Crippen molar-refractivity contribution in [3.63, 3.8) is 0 Å². The second kappa shape index (κ2) is 8.72. The van der Waals surface area contributed by atoms with E-state index < -0.39 is 6.10 Å². The van der Waals surface area contributed by atoms with Crippen molar-refractivity contribution in [3.8, 4) is 11.5 Å². The first-order chi connectivity index (χ1) is 15.6. The Labute approximate surface area is 185 Å². The summed E-state index contributed by atoms with van der Waals surface area (Å²) in [5, 5.41) is 2.84. The van der Waals surface area contributed by atoms with Crippen LogP contribution in [0.15, 0.2) is 42.5 Å². The molecule has 8 heteroatoms. The molecule has 1 N–H and O–H groups in total. The number of hydrogen-bond donors (Lipinski definition) is 1. The summed E-state index contributed by atoms with van der Waals surface area (Å²) in [5.74, 6) is 0.136. The minimum Gasteiger partial charge on any atom is -0.457 e. The van der Waals surface area contributed by atoms with E-state index in [9.17, 15) is 14.4 Å². The first-order valence-corrected chi connectivity index (χ1v) is 10.9. The molecular weight excluding hydrogens is 412 g/mol. The summed E-state index contributed by atoms with van der Waals surface area (Å²) in [6.07, 6.45) is 2.87. The van der Waals surface area contributed by atoms with Crippen LogP contribution in [0.5, 0.6) is 11.5 Å². The summed E-state index contributed by atoms with van der Waals surface area (Å²) in [5.41, 5.74) is 1.30. The van der Waals surface area contributed by atoms with Crippen LogP contribution in [0.4, 0.5) is 5.69 Å². The number of carbonyl (C=O) groups is 3. The van der Waals surface area contributed by atoms with Gasteiger partial charge in [-0.1, -0.05) is 6.07 Å². The summed E-state index contributed by atoms with van der Waals surface area (Å²) < 4.78 is 16.9. The van der Waals surface area contributed by atoms with Gasteiger partial charge in [0.1, 0.15) is 17.6 Å². The number of fused-ring (bicyclic) bond motifs is 1. The third-order valence-electron chi connectivity index (χ3n) is 5.91. The van der Waals surface area contributed by atoms with Crippen LogP contribution in [0.1, 0.15) is 46.4 Å². The Bertz CT molecular complexity index is 1060. The number of anilines is 1. The van der Waals surface area contributed by atoms with E-state index in [-0.39, 0.29) is 30.4 Å². The fourth-order valence-electron chi connectivity index (χ4n) is 4.27. The van der Waals surface area contributed by atoms with Gasteiger partial charge in [0.25, 0.3) is 17.7 Å². The predicted octanol–water partition coefficient (Wildman–Crippen LogP) is 3.37. The van der Waals surface area contributed by atoms with Crippen LogP contribution in [-0.4, -0.2) is 54.6 Å². The molecule has 2 unspecified atom stereocenters. The first kappa shape index (κ1) is 20.7. The van der Waals surface area contributed by atoms with Gasteiger partial charge in [-0.25, -0.2) is 0 Å². The van der Waals surface area contributed by atoms with E-state index in [1.165, 1.54) is 4.90 Å². The minimum absolute atomic E-state index is 0.0967. The predicted molar refractivity (Wildman–Crippen MR) is 115 cm³/mol. The van der Waals surface area contributed by atoms with Crippen molar-refractivity contribution in [2.75, 3.05) is 25.1 Å². The van der Waals surface area contributed by atoms with Crippen molar-refractivity contribution in [2.24, 2.45) is 0 Å². The highest BCUT2D eigenvalue weighted by molar-refractivity contribution is 6.21. The highest BCUT2D eigenvalue weighted by Gasteiger charge is 2.37. The van der Waals surface area contributed by atoms with Gasteiger partial charge in [-0.15, -0.1) is 0 Å². The molecule has 0 aromatic heterocycles. The van der Waals surface area contributed by atoms with Gasteiger partial charge >= 0.3 is 0 Å². The third-order valence-corrected chi connectivity index (χ3v) is 5.91. The maximum Gasteiger partial charge on any atom is 0.261 e. The number of carbonyl (C=O) groups excluding carboxylic acids is 3. The maximum atomic E-state index is 12.8. The lowest BCUT2D eigenvalue weighted by Crippen LogP contribution is -2.36. The molecule has 8 nitrogen and oxygen atoms in total. The molecule has 2 fully saturated rings. The van der Waals surface area contributed by atoms with Crippen LogP contribution < -0.4 is 10.1 Å². The number of benzene rings is 2. The van der Waals surface area contributed by atoms with Gasteiger partial charge in [-0.2, -0.15) is 0 Å². The summed E-state index contributed by atoms with van der Waals surface area (Å²) in [7, 11) is 0. The molecule has 2 aromatic carbocycles. The first-order valence-electron chi connectivity index (χ1n) is 10.9. The molecule has 0 aliphatic carbocycles. The van der Waals surface area contributed by atoms with Crippen molar-refractivity contribution >= 4 is 23.4 Å². The second-order valence-corrected chi connectivity index (χ2v) is 8.18. The van der Waals surface area contributed by atoms with Crippen LogP contribution in [0.2, 0.25) is 0 Å². The monoisotopic (exact) mass is 436 g/mol. The van der Waals surface area contributed by atoms with Crippen LogP contribution in [0.25, 0.3) is 0 Å². The fourth-order valence-corrected chi connectivity index (χ4v) is 4.27. The minimum atomic E-state index is -0.419. The normalized spacial score (nSPS) is 22.3. The van der Waals surface area contributed by atoms with E-state index in [4.69, 9.17) is 14.2 Å². The van der Waals surface area contributed by atoms with Crippen molar-refractivity contribution < 1.29 is 28.6 Å². The summed E-state index contributed by atoms with van der Waals surface area (Å²) in [6, 6.07) is 11.9. The molecule has 3 aliphatic rings. The Kier molecular flexibility index (Phi) is 5.63. The lowest BCUT2D eigenvalue weighted by Gasteiger charge is -2.17. The molecule has 2 aromatic rings. The molecule has 0 saturated carbocycles. The molecule has 0 spiro atoms. The lowest BCUT2D eigenvalue weighted by molar-refractivity contribution is -0.124. The molecule has 3 amide bonds. The molecule has 3 aliphatic heterocycles. The Morgan fingerprint density at radius 1 is 0.969 bits per heavy atom. The van der Waals surface area contributed by atoms with Crippen LogP contribution in [-0.2, 0) is 14.3 Å². The molecule has 5 rings (SSSR count). The number of amides is 3. The van der Waals surface area contributed by atoms with E-state index in [2.05, 4.69) is 5.32 Å². The molecule has 166 valence electrons. The van der Waals surface area contributed by atoms with Gasteiger partial charge in [0, 0.05) is 25.0 Å². The fraction of sp³-hybridized carbons (Fsp3) is 0.375. The molecular formula is C24H24N2O6. The molecule has 0 bridgehead atoms. The average molecular weight is 436 g/mol. The van der Waals surface area contributed by atoms with Gasteiger partial charge in [0.15, 0.2) is 0 Å². The number of imide groups is 1. The Morgan fingerprint density at radius 3 is 2.53 bits per heavy atom. The Hall–Kier alpha value is -3.23. The van der Waals surface area contributed by atoms with E-state index in [0.717, 1.165) is 19.3 Å². The topological polar surface area (TPSA) is 94.2 Å². The number of ether oxygens (including phenoxy) is 3. The zero-order chi connectivity index (χ0) is 22.1. The van der Waals surface area contributed by atoms with Crippen LogP contribution in [0, 0.1) is 0 Å². The summed E-state index contributed by atoms with van der Waals surface area (Å²) in [4.78, 5) is 39.0. The maximum absolute atomic E-state index is 12.8. The van der Waals surface area contributed by atoms with Crippen molar-refractivity contribution in [3.05, 3.63) is 53.6 Å². The number of hydrogen-bond acceptors (Lipinski definition) is 6. The summed E-state index contributed by atoms with van der Waals surface area (Å²) >= 11 is 0. The van der Waals surface area contributed by atoms with Crippen molar-refractivity contribution in [1.29, 1.82) is 0 Å². The van der Waals surface area contributed by atoms with Crippen LogP contribution in [0.3, 0.4) is 0 Å². The molecule has 2 atom stereocenters. The standard InChI is InChI=1S/C24H24N2O6/c27-22(21-7-3-11-31-21)25-15-4-1-5-16(12-15)32-17-8-9-19-20(13-17)24(29)26(23(19)28)14-18-6-2-10-30-18/h1,4-5,8-9,12-13,18,21H,2-3,6-7,10-11,14H2,(H,25,27). The average Bonchev–Trinajstić information content (AvgIpc) is 3.54. The largest absolute Gasteiger partial charge is 0.457 e. The van der Waals surface area contributed by atoms with Crippen molar-refractivity contribution in [2.45, 2.75) is 37.9 Å². The van der Waals surface area contributed by atoms with Gasteiger partial charge < -0.3 is 19.5 Å². The smallest absolute Gasteiger partial charge is 0.261 e. The molecule has 3 heterocycles. The van der Waals surface area contributed by atoms with E-state index in [0.29, 0.717) is 47.9 Å². The van der Waals surface area contributed by atoms with Gasteiger partial charge in [0.05, 0.1) is 23.8 Å². The van der Waals surface area contributed by atoms with Gasteiger partial charge in [0.2, 0.25) is 0 Å². The Balaban J connectivity index is 1.28. The lowest BCUT2D eigenvalue weighted by atomic mass is 10.1. The molecule has 2 saturated heterocycles.